The number of carbonyl (C=O) groups is 1. The second-order valence-electron chi connectivity index (χ2n) is 3.98. The van der Waals surface area contributed by atoms with Crippen LogP contribution in [0.15, 0.2) is 49.4 Å². The summed E-state index contributed by atoms with van der Waals surface area (Å²) in [6, 6.07) is 6.10. The summed E-state index contributed by atoms with van der Waals surface area (Å²) >= 11 is 0. The number of allylic oxidation sites excluding steroid dienone is 1. The van der Waals surface area contributed by atoms with Crippen LogP contribution in [0.25, 0.3) is 0 Å². The summed E-state index contributed by atoms with van der Waals surface area (Å²) in [7, 11) is 0. The Hall–Kier alpha value is -2.23. The average Bonchev–Trinajstić information content (AvgIpc) is 2.87. The highest BCUT2D eigenvalue weighted by Crippen LogP contribution is 2.20. The molecule has 3 nitrogen and oxygen atoms in total. The Labute approximate surface area is 105 Å². The Balaban J connectivity index is 2.37. The fourth-order valence-corrected chi connectivity index (χ4v) is 1.81. The molecule has 1 aromatic heterocycles. The summed E-state index contributed by atoms with van der Waals surface area (Å²) in [5.74, 6) is -0.458. The molecule has 0 amide bonds. The normalized spacial score (nSPS) is 12.1. The molecular formula is C14H13FN2O. The van der Waals surface area contributed by atoms with E-state index in [0.29, 0.717) is 5.69 Å². The van der Waals surface area contributed by atoms with Crippen molar-refractivity contribution in [3.8, 4) is 0 Å². The van der Waals surface area contributed by atoms with Gasteiger partial charge in [0.05, 0.1) is 18.6 Å². The first-order valence-corrected chi connectivity index (χ1v) is 5.57. The molecule has 2 aromatic rings. The molecule has 92 valence electrons. The second kappa shape index (κ2) is 4.96. The number of nitrogens with zero attached hydrogens (tertiary/aromatic N) is 2. The quantitative estimate of drug-likeness (QED) is 0.612. The van der Waals surface area contributed by atoms with Crippen molar-refractivity contribution in [3.63, 3.8) is 0 Å². The van der Waals surface area contributed by atoms with E-state index in [1.807, 2.05) is 6.92 Å². The third kappa shape index (κ3) is 2.22. The topological polar surface area (TPSA) is 34.9 Å². The van der Waals surface area contributed by atoms with Crippen LogP contribution in [0.3, 0.4) is 0 Å². The van der Waals surface area contributed by atoms with Crippen molar-refractivity contribution < 1.29 is 9.18 Å². The molecule has 0 spiro atoms. The van der Waals surface area contributed by atoms with Gasteiger partial charge in [0.2, 0.25) is 5.78 Å². The monoisotopic (exact) mass is 244 g/mol. The smallest absolute Gasteiger partial charge is 0.203 e. The minimum atomic E-state index is -0.279. The first-order chi connectivity index (χ1) is 8.63. The molecule has 18 heavy (non-hydrogen) atoms. The number of aromatic nitrogens is 2. The maximum absolute atomic E-state index is 12.9. The maximum atomic E-state index is 12.9. The van der Waals surface area contributed by atoms with Crippen LogP contribution in [0.5, 0.6) is 0 Å². The van der Waals surface area contributed by atoms with E-state index in [1.54, 1.807) is 23.0 Å². The van der Waals surface area contributed by atoms with Crippen molar-refractivity contribution in [1.29, 1.82) is 0 Å². The third-order valence-corrected chi connectivity index (χ3v) is 2.87. The van der Waals surface area contributed by atoms with Crippen LogP contribution in [-0.4, -0.2) is 15.3 Å². The molecule has 0 radical (unpaired) electrons. The van der Waals surface area contributed by atoms with Gasteiger partial charge in [-0.15, -0.1) is 0 Å². The Kier molecular flexibility index (Phi) is 3.37. The summed E-state index contributed by atoms with van der Waals surface area (Å²) in [6.07, 6.45) is 4.35. The van der Waals surface area contributed by atoms with Gasteiger partial charge in [-0.3, -0.25) is 4.79 Å². The number of imidazole rings is 1. The van der Waals surface area contributed by atoms with Gasteiger partial charge in [0.15, 0.2) is 0 Å². The molecule has 0 aliphatic carbocycles. The van der Waals surface area contributed by atoms with E-state index in [1.165, 1.54) is 24.4 Å². The fourth-order valence-electron chi connectivity index (χ4n) is 1.81. The SMILES string of the molecule is C=CC(=O)c1cncn1C(C)c1ccc(F)cc1. The van der Waals surface area contributed by atoms with Gasteiger partial charge in [0, 0.05) is 0 Å². The summed E-state index contributed by atoms with van der Waals surface area (Å²) in [5.41, 5.74) is 1.38. The lowest BCUT2D eigenvalue weighted by molar-refractivity contribution is 0.103. The van der Waals surface area contributed by atoms with Crippen LogP contribution in [-0.2, 0) is 0 Å². The van der Waals surface area contributed by atoms with Crippen molar-refractivity contribution in [2.45, 2.75) is 13.0 Å². The number of carbonyl (C=O) groups excluding carboxylic acids is 1. The Morgan fingerprint density at radius 1 is 1.44 bits per heavy atom. The van der Waals surface area contributed by atoms with Crippen molar-refractivity contribution in [1.82, 2.24) is 9.55 Å². The predicted molar refractivity (Wildman–Crippen MR) is 67.0 cm³/mol. The summed E-state index contributed by atoms with van der Waals surface area (Å²) in [5, 5.41) is 0. The highest BCUT2D eigenvalue weighted by atomic mass is 19.1. The van der Waals surface area contributed by atoms with E-state index < -0.39 is 0 Å². The number of benzene rings is 1. The molecule has 1 atom stereocenters. The fraction of sp³-hybridized carbons (Fsp3) is 0.143. The molecule has 0 fully saturated rings. The lowest BCUT2D eigenvalue weighted by Gasteiger charge is -2.15. The zero-order valence-corrected chi connectivity index (χ0v) is 10.0. The van der Waals surface area contributed by atoms with E-state index in [-0.39, 0.29) is 17.6 Å². The minimum absolute atomic E-state index is 0.0907. The van der Waals surface area contributed by atoms with Crippen molar-refractivity contribution in [2.24, 2.45) is 0 Å². The van der Waals surface area contributed by atoms with Gasteiger partial charge in [-0.1, -0.05) is 18.7 Å². The molecule has 1 aromatic carbocycles. The summed E-state index contributed by atoms with van der Waals surface area (Å²) < 4.78 is 14.6. The van der Waals surface area contributed by atoms with Crippen molar-refractivity contribution in [3.05, 3.63) is 66.5 Å². The molecule has 2 rings (SSSR count). The molecule has 0 aliphatic rings. The van der Waals surface area contributed by atoms with Gasteiger partial charge in [-0.05, 0) is 30.7 Å². The van der Waals surface area contributed by atoms with Crippen LogP contribution in [0.4, 0.5) is 4.39 Å². The van der Waals surface area contributed by atoms with E-state index >= 15 is 0 Å². The van der Waals surface area contributed by atoms with Gasteiger partial charge in [-0.2, -0.15) is 0 Å². The van der Waals surface area contributed by atoms with Gasteiger partial charge < -0.3 is 4.57 Å². The molecule has 0 saturated carbocycles. The number of ketones is 1. The van der Waals surface area contributed by atoms with E-state index in [0.717, 1.165) is 5.56 Å². The summed E-state index contributed by atoms with van der Waals surface area (Å²) in [4.78, 5) is 15.6. The molecule has 0 aliphatic heterocycles. The molecular weight excluding hydrogens is 231 g/mol. The summed E-state index contributed by atoms with van der Waals surface area (Å²) in [6.45, 7) is 5.39. The lowest BCUT2D eigenvalue weighted by atomic mass is 10.1. The highest BCUT2D eigenvalue weighted by molar-refractivity contribution is 6.02. The molecule has 0 saturated heterocycles. The molecule has 1 heterocycles. The molecule has 1 unspecified atom stereocenters. The number of halogens is 1. The Morgan fingerprint density at radius 3 is 2.72 bits per heavy atom. The van der Waals surface area contributed by atoms with Gasteiger partial charge >= 0.3 is 0 Å². The van der Waals surface area contributed by atoms with Crippen molar-refractivity contribution in [2.75, 3.05) is 0 Å². The van der Waals surface area contributed by atoms with Crippen LogP contribution in [0, 0.1) is 5.82 Å². The highest BCUT2D eigenvalue weighted by Gasteiger charge is 2.15. The van der Waals surface area contributed by atoms with Crippen molar-refractivity contribution >= 4 is 5.78 Å². The van der Waals surface area contributed by atoms with Gasteiger partial charge in [-0.25, -0.2) is 9.37 Å². The average molecular weight is 244 g/mol. The predicted octanol–water partition coefficient (Wildman–Crippen LogP) is 3.00. The largest absolute Gasteiger partial charge is 0.321 e. The van der Waals surface area contributed by atoms with E-state index in [4.69, 9.17) is 0 Å². The zero-order valence-electron chi connectivity index (χ0n) is 10.0. The molecule has 0 N–H and O–H groups in total. The molecule has 4 heteroatoms. The number of hydrogen-bond acceptors (Lipinski definition) is 2. The zero-order chi connectivity index (χ0) is 13.1. The van der Waals surface area contributed by atoms with E-state index in [2.05, 4.69) is 11.6 Å². The maximum Gasteiger partial charge on any atom is 0.203 e. The standard InChI is InChI=1S/C14H13FN2O/c1-3-14(18)13-8-16-9-17(13)10(2)11-4-6-12(15)7-5-11/h3-10H,1H2,2H3. The van der Waals surface area contributed by atoms with Crippen LogP contribution < -0.4 is 0 Å². The van der Waals surface area contributed by atoms with E-state index in [9.17, 15) is 9.18 Å². The molecule has 0 bridgehead atoms. The second-order valence-corrected chi connectivity index (χ2v) is 3.98. The first-order valence-electron chi connectivity index (χ1n) is 5.57. The van der Waals surface area contributed by atoms with Crippen LogP contribution in [0.2, 0.25) is 0 Å². The van der Waals surface area contributed by atoms with Crippen LogP contribution >= 0.6 is 0 Å². The Morgan fingerprint density at radius 2 is 2.11 bits per heavy atom. The number of rotatable bonds is 4. The minimum Gasteiger partial charge on any atom is -0.321 e. The third-order valence-electron chi connectivity index (χ3n) is 2.87. The lowest BCUT2D eigenvalue weighted by Crippen LogP contribution is -2.12. The van der Waals surface area contributed by atoms with Gasteiger partial charge in [0.1, 0.15) is 11.5 Å². The van der Waals surface area contributed by atoms with Crippen LogP contribution in [0.1, 0.15) is 29.0 Å². The van der Waals surface area contributed by atoms with Gasteiger partial charge in [0.25, 0.3) is 0 Å². The Bertz CT molecular complexity index is 572. The number of hydrogen-bond donors (Lipinski definition) is 0. The first kappa shape index (κ1) is 12.2.